The summed E-state index contributed by atoms with van der Waals surface area (Å²) in [5.74, 6) is 0.618. The zero-order chi connectivity index (χ0) is 26.6. The highest BCUT2D eigenvalue weighted by atomic mass is 16.3. The van der Waals surface area contributed by atoms with Gasteiger partial charge >= 0.3 is 0 Å². The fraction of sp³-hybridized carbons (Fsp3) is 0.182. The van der Waals surface area contributed by atoms with Crippen LogP contribution < -0.4 is 0 Å². The lowest BCUT2D eigenvalue weighted by atomic mass is 9.95. The lowest BCUT2D eigenvalue weighted by molar-refractivity contribution is 0.615. The second-order valence-corrected chi connectivity index (χ2v) is 9.74. The molecule has 0 radical (unpaired) electrons. The van der Waals surface area contributed by atoms with Crippen LogP contribution in [0.15, 0.2) is 95.6 Å². The van der Waals surface area contributed by atoms with Gasteiger partial charge in [-0.15, -0.1) is 0 Å². The van der Waals surface area contributed by atoms with E-state index in [-0.39, 0.29) is 5.92 Å². The number of para-hydroxylation sites is 2. The second kappa shape index (κ2) is 8.83. The molecular formula is C33H30N2O. The fourth-order valence-corrected chi connectivity index (χ4v) is 5.22. The number of furan rings is 1. The number of imidazole rings is 1. The van der Waals surface area contributed by atoms with Crippen molar-refractivity contribution < 1.29 is 7.16 Å². The SMILES string of the molecule is [2H]C([2H])(c1ccc2occ(-c3nc4ccccc4n3-c3cc(C)c(-c4ccccc4)c(C)c3)c2c1)C(C)C. The summed E-state index contributed by atoms with van der Waals surface area (Å²) in [6.07, 6.45) is 0.291. The summed E-state index contributed by atoms with van der Waals surface area (Å²) in [6.45, 7) is 8.13. The van der Waals surface area contributed by atoms with Crippen molar-refractivity contribution >= 4 is 22.0 Å². The Hall–Kier alpha value is -4.11. The molecule has 0 saturated carbocycles. The van der Waals surface area contributed by atoms with Gasteiger partial charge in [0.25, 0.3) is 0 Å². The van der Waals surface area contributed by atoms with E-state index in [0.29, 0.717) is 11.1 Å². The average Bonchev–Trinajstić information content (AvgIpc) is 3.49. The van der Waals surface area contributed by atoms with Gasteiger partial charge in [0.2, 0.25) is 0 Å². The Balaban J connectivity index is 1.59. The van der Waals surface area contributed by atoms with Crippen molar-refractivity contribution in [1.82, 2.24) is 9.55 Å². The predicted octanol–water partition coefficient (Wildman–Crippen LogP) is 8.92. The van der Waals surface area contributed by atoms with Crippen molar-refractivity contribution in [1.29, 1.82) is 0 Å². The van der Waals surface area contributed by atoms with Crippen molar-refractivity contribution in [3.05, 3.63) is 108 Å². The number of benzene rings is 4. The third-order valence-corrected chi connectivity index (χ3v) is 6.67. The highest BCUT2D eigenvalue weighted by Crippen LogP contribution is 2.37. The van der Waals surface area contributed by atoms with E-state index >= 15 is 0 Å². The molecule has 0 amide bonds. The van der Waals surface area contributed by atoms with Crippen LogP contribution in [0.4, 0.5) is 0 Å². The first-order chi connectivity index (χ1) is 18.3. The predicted molar refractivity (Wildman–Crippen MR) is 150 cm³/mol. The van der Waals surface area contributed by atoms with E-state index in [2.05, 4.69) is 60.9 Å². The van der Waals surface area contributed by atoms with E-state index < -0.39 is 6.37 Å². The van der Waals surface area contributed by atoms with Crippen molar-refractivity contribution in [2.45, 2.75) is 34.1 Å². The Morgan fingerprint density at radius 1 is 0.889 bits per heavy atom. The maximum atomic E-state index is 8.64. The summed E-state index contributed by atoms with van der Waals surface area (Å²) in [7, 11) is 0. The summed E-state index contributed by atoms with van der Waals surface area (Å²) < 4.78 is 25.4. The minimum absolute atomic E-state index is 0.158. The average molecular weight is 473 g/mol. The molecule has 0 fully saturated rings. The van der Waals surface area contributed by atoms with Crippen LogP contribution in [0.25, 0.3) is 50.2 Å². The van der Waals surface area contributed by atoms with Gasteiger partial charge in [-0.3, -0.25) is 4.57 Å². The Morgan fingerprint density at radius 3 is 2.36 bits per heavy atom. The molecule has 0 aliphatic carbocycles. The van der Waals surface area contributed by atoms with Gasteiger partial charge in [0.1, 0.15) is 17.7 Å². The van der Waals surface area contributed by atoms with Crippen molar-refractivity contribution in [3.63, 3.8) is 0 Å². The van der Waals surface area contributed by atoms with Gasteiger partial charge in [-0.05, 0) is 90.4 Å². The molecule has 0 unspecified atom stereocenters. The van der Waals surface area contributed by atoms with Crippen LogP contribution in [0.5, 0.6) is 0 Å². The molecule has 3 heteroatoms. The number of rotatable bonds is 5. The number of aromatic nitrogens is 2. The van der Waals surface area contributed by atoms with Crippen LogP contribution in [-0.2, 0) is 6.37 Å². The van der Waals surface area contributed by atoms with Gasteiger partial charge in [-0.25, -0.2) is 4.98 Å². The molecule has 6 rings (SSSR count). The van der Waals surface area contributed by atoms with Gasteiger partial charge in [0.15, 0.2) is 0 Å². The third-order valence-electron chi connectivity index (χ3n) is 6.67. The monoisotopic (exact) mass is 472 g/mol. The smallest absolute Gasteiger partial charge is 0.149 e. The van der Waals surface area contributed by atoms with E-state index in [1.807, 2.05) is 56.3 Å². The van der Waals surface area contributed by atoms with Crippen LogP contribution in [0.2, 0.25) is 0 Å². The van der Waals surface area contributed by atoms with Crippen LogP contribution in [0.3, 0.4) is 0 Å². The molecule has 0 aliphatic heterocycles. The molecule has 4 aromatic carbocycles. The molecule has 0 spiro atoms. The van der Waals surface area contributed by atoms with Crippen molar-refractivity contribution in [2.75, 3.05) is 0 Å². The number of hydrogen-bond acceptors (Lipinski definition) is 2. The molecule has 0 aliphatic rings. The zero-order valence-electron chi connectivity index (χ0n) is 23.0. The first kappa shape index (κ1) is 20.1. The molecule has 0 bridgehead atoms. The van der Waals surface area contributed by atoms with Crippen LogP contribution in [0, 0.1) is 19.8 Å². The molecule has 6 aromatic rings. The van der Waals surface area contributed by atoms with Gasteiger partial charge in [-0.1, -0.05) is 62.4 Å². The minimum atomic E-state index is -1.45. The summed E-state index contributed by atoms with van der Waals surface area (Å²) in [6, 6.07) is 28.7. The van der Waals surface area contributed by atoms with Gasteiger partial charge in [-0.2, -0.15) is 0 Å². The molecule has 0 saturated heterocycles. The van der Waals surface area contributed by atoms with E-state index in [1.54, 1.807) is 6.26 Å². The number of hydrogen-bond donors (Lipinski definition) is 0. The topological polar surface area (TPSA) is 31.0 Å². The lowest BCUT2D eigenvalue weighted by Crippen LogP contribution is -2.00. The van der Waals surface area contributed by atoms with E-state index in [0.717, 1.165) is 33.5 Å². The highest BCUT2D eigenvalue weighted by molar-refractivity contribution is 5.95. The summed E-state index contributed by atoms with van der Waals surface area (Å²) >= 11 is 0. The van der Waals surface area contributed by atoms with Gasteiger partial charge in [0, 0.05) is 13.8 Å². The molecule has 3 nitrogen and oxygen atoms in total. The lowest BCUT2D eigenvalue weighted by Gasteiger charge is -2.16. The van der Waals surface area contributed by atoms with Crippen LogP contribution in [-0.4, -0.2) is 9.55 Å². The molecule has 0 atom stereocenters. The standard InChI is InChI=1S/C33H30N2O/c1-21(2)16-24-14-15-31-27(19-24)28(20-36-31)33-34-29-12-8-9-13-30(29)35(33)26-17-22(3)32(23(4)18-26)25-10-6-5-7-11-25/h5-15,17-21H,16H2,1-4H3/i16D2. The zero-order valence-corrected chi connectivity index (χ0v) is 21.0. The molecule has 0 N–H and O–H groups in total. The Kier molecular flexibility index (Phi) is 4.94. The number of aryl methyl sites for hydroxylation is 2. The van der Waals surface area contributed by atoms with Gasteiger partial charge in [0.05, 0.1) is 16.6 Å². The maximum absolute atomic E-state index is 8.64. The second-order valence-electron chi connectivity index (χ2n) is 9.74. The van der Waals surface area contributed by atoms with Crippen LogP contribution >= 0.6 is 0 Å². The maximum Gasteiger partial charge on any atom is 0.149 e. The van der Waals surface area contributed by atoms with E-state index in [9.17, 15) is 0 Å². The first-order valence-electron chi connectivity index (χ1n) is 13.4. The van der Waals surface area contributed by atoms with Crippen LogP contribution in [0.1, 0.15) is 33.3 Å². The molecular weight excluding hydrogens is 440 g/mol. The van der Waals surface area contributed by atoms with E-state index in [4.69, 9.17) is 12.1 Å². The first-order valence-corrected chi connectivity index (χ1v) is 12.4. The van der Waals surface area contributed by atoms with Crippen molar-refractivity contribution in [2.24, 2.45) is 5.92 Å². The normalized spacial score (nSPS) is 12.9. The molecule has 36 heavy (non-hydrogen) atoms. The largest absolute Gasteiger partial charge is 0.464 e. The third kappa shape index (κ3) is 3.81. The summed E-state index contributed by atoms with van der Waals surface area (Å²) in [5.41, 5.74) is 9.99. The Labute approximate surface area is 214 Å². The Morgan fingerprint density at radius 2 is 1.61 bits per heavy atom. The number of fused-ring (bicyclic) bond motifs is 2. The number of nitrogens with zero attached hydrogens (tertiary/aromatic N) is 2. The summed E-state index contributed by atoms with van der Waals surface area (Å²) in [4.78, 5) is 5.06. The quantitative estimate of drug-likeness (QED) is 0.251. The molecule has 178 valence electrons. The van der Waals surface area contributed by atoms with Gasteiger partial charge < -0.3 is 4.42 Å². The highest BCUT2D eigenvalue weighted by Gasteiger charge is 2.20. The molecule has 2 heterocycles. The fourth-order valence-electron chi connectivity index (χ4n) is 5.22. The van der Waals surface area contributed by atoms with E-state index in [1.165, 1.54) is 22.3 Å². The minimum Gasteiger partial charge on any atom is -0.464 e. The Bertz CT molecular complexity index is 1770. The summed E-state index contributed by atoms with van der Waals surface area (Å²) in [5, 5.41) is 0.859. The van der Waals surface area contributed by atoms with Crippen molar-refractivity contribution in [3.8, 4) is 28.2 Å². The molecule has 2 aromatic heterocycles.